The summed E-state index contributed by atoms with van der Waals surface area (Å²) in [6.07, 6.45) is 0.686. The molecular formula is C28H31N3O2. The Balaban J connectivity index is 1.56. The van der Waals surface area contributed by atoms with Gasteiger partial charge in [0.05, 0.1) is 24.9 Å². The Hall–Kier alpha value is -3.44. The minimum Gasteiger partial charge on any atom is -0.494 e. The van der Waals surface area contributed by atoms with E-state index in [9.17, 15) is 4.79 Å². The smallest absolute Gasteiger partial charge is 0.257 e. The largest absolute Gasteiger partial charge is 0.494 e. The first-order chi connectivity index (χ1) is 16.0. The lowest BCUT2D eigenvalue weighted by atomic mass is 9.97. The molecule has 0 N–H and O–H groups in total. The highest BCUT2D eigenvalue weighted by molar-refractivity contribution is 6.03. The Labute approximate surface area is 196 Å². The molecule has 33 heavy (non-hydrogen) atoms. The molecule has 0 saturated carbocycles. The van der Waals surface area contributed by atoms with Crippen molar-refractivity contribution in [2.45, 2.75) is 32.9 Å². The number of hydrogen-bond acceptors (Lipinski definition) is 4. The maximum absolute atomic E-state index is 13.4. The van der Waals surface area contributed by atoms with Crippen molar-refractivity contribution < 1.29 is 9.53 Å². The standard InChI is InChI=1S/C28H31N3O2/c1-4-33-25-15-13-23(14-16-25)27-18-26(24-12-8-9-21(2)17-24)29-31(27)28(32)20-30(3)19-22-10-6-5-7-11-22/h5-17,27H,4,18-20H2,1-3H3/t27-/m1/s1. The van der Waals surface area contributed by atoms with Crippen LogP contribution in [0.4, 0.5) is 0 Å². The molecule has 1 aliphatic rings. The van der Waals surface area contributed by atoms with Gasteiger partial charge in [0.15, 0.2) is 0 Å². The summed E-state index contributed by atoms with van der Waals surface area (Å²) in [4.78, 5) is 15.4. The second-order valence-electron chi connectivity index (χ2n) is 8.53. The fraction of sp³-hybridized carbons (Fsp3) is 0.286. The monoisotopic (exact) mass is 441 g/mol. The average Bonchev–Trinajstić information content (AvgIpc) is 3.26. The van der Waals surface area contributed by atoms with Crippen LogP contribution in [0.25, 0.3) is 0 Å². The van der Waals surface area contributed by atoms with Crippen molar-refractivity contribution in [1.29, 1.82) is 0 Å². The molecule has 1 aliphatic heterocycles. The van der Waals surface area contributed by atoms with Gasteiger partial charge in [-0.1, -0.05) is 72.3 Å². The SMILES string of the molecule is CCOc1ccc([C@H]2CC(c3cccc(C)c3)=NN2C(=O)CN(C)Cc2ccccc2)cc1. The molecular weight excluding hydrogens is 410 g/mol. The highest BCUT2D eigenvalue weighted by atomic mass is 16.5. The second kappa shape index (κ2) is 10.5. The van der Waals surface area contributed by atoms with Crippen molar-refractivity contribution in [2.75, 3.05) is 20.2 Å². The lowest BCUT2D eigenvalue weighted by Crippen LogP contribution is -2.36. The molecule has 0 spiro atoms. The molecule has 5 heteroatoms. The molecule has 1 heterocycles. The van der Waals surface area contributed by atoms with Crippen LogP contribution < -0.4 is 4.74 Å². The number of nitrogens with zero attached hydrogens (tertiary/aromatic N) is 3. The lowest BCUT2D eigenvalue weighted by Gasteiger charge is -2.25. The summed E-state index contributed by atoms with van der Waals surface area (Å²) in [6, 6.07) is 26.4. The number of amides is 1. The van der Waals surface area contributed by atoms with Gasteiger partial charge in [0, 0.05) is 13.0 Å². The van der Waals surface area contributed by atoms with Crippen LogP contribution in [0.3, 0.4) is 0 Å². The minimum absolute atomic E-state index is 0.00466. The highest BCUT2D eigenvalue weighted by Crippen LogP contribution is 2.34. The van der Waals surface area contributed by atoms with Gasteiger partial charge in [0.25, 0.3) is 5.91 Å². The number of rotatable bonds is 8. The van der Waals surface area contributed by atoms with Crippen molar-refractivity contribution in [3.63, 3.8) is 0 Å². The zero-order valence-electron chi connectivity index (χ0n) is 19.6. The van der Waals surface area contributed by atoms with Crippen molar-refractivity contribution in [1.82, 2.24) is 9.91 Å². The van der Waals surface area contributed by atoms with Crippen LogP contribution in [0.2, 0.25) is 0 Å². The number of ether oxygens (including phenoxy) is 1. The zero-order chi connectivity index (χ0) is 23.2. The molecule has 1 amide bonds. The Morgan fingerprint density at radius 3 is 2.52 bits per heavy atom. The molecule has 3 aromatic carbocycles. The van der Waals surface area contributed by atoms with Crippen LogP contribution in [-0.4, -0.2) is 41.7 Å². The second-order valence-corrected chi connectivity index (χ2v) is 8.53. The van der Waals surface area contributed by atoms with E-state index in [0.29, 0.717) is 26.1 Å². The van der Waals surface area contributed by atoms with Crippen molar-refractivity contribution in [3.8, 4) is 5.75 Å². The number of aryl methyl sites for hydroxylation is 1. The van der Waals surface area contributed by atoms with E-state index in [4.69, 9.17) is 9.84 Å². The summed E-state index contributed by atoms with van der Waals surface area (Å²) in [5, 5.41) is 6.49. The predicted molar refractivity (Wildman–Crippen MR) is 132 cm³/mol. The molecule has 0 saturated heterocycles. The summed E-state index contributed by atoms with van der Waals surface area (Å²) < 4.78 is 5.59. The topological polar surface area (TPSA) is 45.1 Å². The highest BCUT2D eigenvalue weighted by Gasteiger charge is 2.33. The molecule has 0 aromatic heterocycles. The number of likely N-dealkylation sites (N-methyl/N-ethyl adjacent to an activating group) is 1. The maximum Gasteiger partial charge on any atom is 0.257 e. The molecule has 4 rings (SSSR count). The molecule has 0 unspecified atom stereocenters. The average molecular weight is 442 g/mol. The first kappa shape index (κ1) is 22.7. The van der Waals surface area contributed by atoms with Gasteiger partial charge >= 0.3 is 0 Å². The molecule has 0 bridgehead atoms. The van der Waals surface area contributed by atoms with E-state index in [2.05, 4.69) is 37.3 Å². The maximum atomic E-state index is 13.4. The number of benzene rings is 3. The predicted octanol–water partition coefficient (Wildman–Crippen LogP) is 5.20. The normalized spacial score (nSPS) is 15.6. The molecule has 0 radical (unpaired) electrons. The Kier molecular flexibility index (Phi) is 7.20. The van der Waals surface area contributed by atoms with Crippen LogP contribution in [0, 0.1) is 6.92 Å². The van der Waals surface area contributed by atoms with Crippen molar-refractivity contribution in [3.05, 3.63) is 101 Å². The van der Waals surface area contributed by atoms with Crippen LogP contribution in [-0.2, 0) is 11.3 Å². The molecule has 0 aliphatic carbocycles. The van der Waals surface area contributed by atoms with Gasteiger partial charge in [0.2, 0.25) is 0 Å². The minimum atomic E-state index is -0.131. The Morgan fingerprint density at radius 2 is 1.82 bits per heavy atom. The van der Waals surface area contributed by atoms with Crippen molar-refractivity contribution in [2.24, 2.45) is 5.10 Å². The summed E-state index contributed by atoms with van der Waals surface area (Å²) in [7, 11) is 1.97. The van der Waals surface area contributed by atoms with E-state index in [1.165, 1.54) is 11.1 Å². The fourth-order valence-corrected chi connectivity index (χ4v) is 4.21. The third kappa shape index (κ3) is 5.68. The quantitative estimate of drug-likeness (QED) is 0.482. The van der Waals surface area contributed by atoms with Gasteiger partial charge in [-0.2, -0.15) is 5.10 Å². The Bertz CT molecular complexity index is 1110. The van der Waals surface area contributed by atoms with E-state index in [1.54, 1.807) is 5.01 Å². The van der Waals surface area contributed by atoms with Gasteiger partial charge in [-0.3, -0.25) is 9.69 Å². The van der Waals surface area contributed by atoms with Crippen LogP contribution >= 0.6 is 0 Å². The first-order valence-corrected chi connectivity index (χ1v) is 11.5. The van der Waals surface area contributed by atoms with Gasteiger partial charge in [-0.25, -0.2) is 5.01 Å². The van der Waals surface area contributed by atoms with Crippen molar-refractivity contribution >= 4 is 11.6 Å². The van der Waals surface area contributed by atoms with Crippen LogP contribution in [0.15, 0.2) is 84.0 Å². The van der Waals surface area contributed by atoms with E-state index in [-0.39, 0.29) is 11.9 Å². The van der Waals surface area contributed by atoms with E-state index < -0.39 is 0 Å². The molecule has 5 nitrogen and oxygen atoms in total. The first-order valence-electron chi connectivity index (χ1n) is 11.5. The molecule has 0 fully saturated rings. The van der Waals surface area contributed by atoms with E-state index in [1.807, 2.05) is 67.4 Å². The van der Waals surface area contributed by atoms with Crippen LogP contribution in [0.5, 0.6) is 5.75 Å². The van der Waals surface area contributed by atoms with Crippen LogP contribution in [0.1, 0.15) is 41.6 Å². The van der Waals surface area contributed by atoms with Gasteiger partial charge in [-0.05, 0) is 49.7 Å². The third-order valence-corrected chi connectivity index (χ3v) is 5.79. The fourth-order valence-electron chi connectivity index (χ4n) is 4.21. The molecule has 1 atom stereocenters. The summed E-state index contributed by atoms with van der Waals surface area (Å²) in [6.45, 7) is 5.68. The number of hydrazone groups is 1. The summed E-state index contributed by atoms with van der Waals surface area (Å²) in [5.74, 6) is 0.828. The number of hydrogen-bond donors (Lipinski definition) is 0. The number of carbonyl (C=O) groups is 1. The summed E-state index contributed by atoms with van der Waals surface area (Å²) in [5.41, 5.74) is 5.43. The van der Waals surface area contributed by atoms with Gasteiger partial charge in [-0.15, -0.1) is 0 Å². The van der Waals surface area contributed by atoms with E-state index in [0.717, 1.165) is 22.6 Å². The molecule has 170 valence electrons. The van der Waals surface area contributed by atoms with Gasteiger partial charge < -0.3 is 4.74 Å². The lowest BCUT2D eigenvalue weighted by molar-refractivity contribution is -0.134. The molecule has 3 aromatic rings. The number of carbonyl (C=O) groups excluding carboxylic acids is 1. The zero-order valence-corrected chi connectivity index (χ0v) is 19.6. The summed E-state index contributed by atoms with van der Waals surface area (Å²) >= 11 is 0. The van der Waals surface area contributed by atoms with Gasteiger partial charge in [0.1, 0.15) is 5.75 Å². The van der Waals surface area contributed by atoms with E-state index >= 15 is 0 Å². The Morgan fingerprint density at radius 1 is 1.06 bits per heavy atom. The third-order valence-electron chi connectivity index (χ3n) is 5.79.